The first-order chi connectivity index (χ1) is 11.3. The summed E-state index contributed by atoms with van der Waals surface area (Å²) in [6, 6.07) is 3.92. The summed E-state index contributed by atoms with van der Waals surface area (Å²) in [5, 5.41) is 9.05. The highest BCUT2D eigenvalue weighted by atomic mass is 35.5. The number of nitrogens with one attached hydrogen (secondary N) is 3. The van der Waals surface area contributed by atoms with E-state index in [-0.39, 0.29) is 0 Å². The molecule has 0 radical (unpaired) electrons. The highest BCUT2D eigenvalue weighted by Gasteiger charge is 2.15. The van der Waals surface area contributed by atoms with Gasteiger partial charge in [-0.05, 0) is 39.8 Å². The Morgan fingerprint density at radius 2 is 1.96 bits per heavy atom. The number of amides is 1. The molecule has 24 heavy (non-hydrogen) atoms. The number of carbonyl (C=O) groups excluding carboxylic acids is 1. The minimum absolute atomic E-state index is 0.416. The Labute approximate surface area is 153 Å². The van der Waals surface area contributed by atoms with Crippen molar-refractivity contribution in [3.05, 3.63) is 21.3 Å². The molecule has 0 saturated heterocycles. The molecule has 3 N–H and O–H groups in total. The van der Waals surface area contributed by atoms with Gasteiger partial charge in [0.05, 0.1) is 4.34 Å². The van der Waals surface area contributed by atoms with Gasteiger partial charge in [0.2, 0.25) is 0 Å². The summed E-state index contributed by atoms with van der Waals surface area (Å²) in [4.78, 5) is 17.3. The first-order valence-corrected chi connectivity index (χ1v) is 9.23. The number of aliphatic imine (C=N–C) groups is 1. The summed E-state index contributed by atoms with van der Waals surface area (Å²) in [6.45, 7) is 9.98. The molecule has 0 saturated carbocycles. The van der Waals surface area contributed by atoms with Crippen LogP contribution >= 0.6 is 22.9 Å². The second-order valence-electron chi connectivity index (χ2n) is 6.07. The molecule has 6 nitrogen and oxygen atoms in total. The highest BCUT2D eigenvalue weighted by molar-refractivity contribution is 7.16. The zero-order valence-corrected chi connectivity index (χ0v) is 16.3. The summed E-state index contributed by atoms with van der Waals surface area (Å²) < 4.78 is 5.97. The van der Waals surface area contributed by atoms with E-state index in [9.17, 15) is 4.79 Å². The zero-order valence-electron chi connectivity index (χ0n) is 14.7. The fourth-order valence-electron chi connectivity index (χ4n) is 1.77. The van der Waals surface area contributed by atoms with Gasteiger partial charge in [-0.25, -0.2) is 4.79 Å². The van der Waals surface area contributed by atoms with E-state index in [1.165, 1.54) is 4.88 Å². The summed E-state index contributed by atoms with van der Waals surface area (Å²) in [7, 11) is 0. The van der Waals surface area contributed by atoms with Gasteiger partial charge in [-0.15, -0.1) is 11.3 Å². The second-order valence-corrected chi connectivity index (χ2v) is 7.87. The number of hydrogen-bond acceptors (Lipinski definition) is 4. The maximum absolute atomic E-state index is 11.5. The van der Waals surface area contributed by atoms with Crippen LogP contribution in [0.5, 0.6) is 0 Å². The molecule has 1 aromatic rings. The highest BCUT2D eigenvalue weighted by Crippen LogP contribution is 2.21. The smallest absolute Gasteiger partial charge is 0.407 e. The van der Waals surface area contributed by atoms with Gasteiger partial charge in [0.25, 0.3) is 0 Å². The molecule has 0 aromatic carbocycles. The minimum Gasteiger partial charge on any atom is -0.444 e. The van der Waals surface area contributed by atoms with E-state index in [1.54, 1.807) is 11.3 Å². The van der Waals surface area contributed by atoms with Gasteiger partial charge in [-0.3, -0.25) is 4.99 Å². The summed E-state index contributed by atoms with van der Waals surface area (Å²) >= 11 is 7.49. The van der Waals surface area contributed by atoms with Crippen molar-refractivity contribution in [2.75, 3.05) is 26.2 Å². The van der Waals surface area contributed by atoms with Crippen molar-refractivity contribution in [2.24, 2.45) is 4.99 Å². The van der Waals surface area contributed by atoms with E-state index in [2.05, 4.69) is 20.9 Å². The Balaban J connectivity index is 2.29. The molecule has 8 heteroatoms. The van der Waals surface area contributed by atoms with E-state index < -0.39 is 11.7 Å². The van der Waals surface area contributed by atoms with Crippen LogP contribution in [0.1, 0.15) is 32.6 Å². The molecule has 1 amide bonds. The van der Waals surface area contributed by atoms with Crippen molar-refractivity contribution in [1.82, 2.24) is 16.0 Å². The third kappa shape index (κ3) is 9.62. The number of carbonyl (C=O) groups is 1. The quantitative estimate of drug-likeness (QED) is 0.389. The van der Waals surface area contributed by atoms with Crippen LogP contribution in [0.25, 0.3) is 0 Å². The predicted octanol–water partition coefficient (Wildman–Crippen LogP) is 3.02. The van der Waals surface area contributed by atoms with Gasteiger partial charge in [0, 0.05) is 37.5 Å². The van der Waals surface area contributed by atoms with Gasteiger partial charge in [0.15, 0.2) is 5.96 Å². The lowest BCUT2D eigenvalue weighted by molar-refractivity contribution is 0.0529. The number of halogens is 1. The summed E-state index contributed by atoms with van der Waals surface area (Å²) in [5.74, 6) is 0.728. The second kappa shape index (κ2) is 10.4. The predicted molar refractivity (Wildman–Crippen MR) is 101 cm³/mol. The molecule has 0 fully saturated rings. The van der Waals surface area contributed by atoms with E-state index in [4.69, 9.17) is 16.3 Å². The summed E-state index contributed by atoms with van der Waals surface area (Å²) in [6.07, 6.45) is 0.435. The number of guanidine groups is 1. The number of ether oxygens (including phenoxy) is 1. The lowest BCUT2D eigenvalue weighted by Crippen LogP contribution is -2.42. The molecule has 1 aromatic heterocycles. The van der Waals surface area contributed by atoms with Crippen LogP contribution in [-0.2, 0) is 11.2 Å². The van der Waals surface area contributed by atoms with Gasteiger partial charge in [0.1, 0.15) is 5.60 Å². The molecule has 0 unspecified atom stereocenters. The minimum atomic E-state index is -0.488. The first kappa shape index (κ1) is 20.6. The van der Waals surface area contributed by atoms with Crippen molar-refractivity contribution >= 4 is 35.0 Å². The molecule has 0 atom stereocenters. The monoisotopic (exact) mass is 374 g/mol. The Morgan fingerprint density at radius 3 is 2.54 bits per heavy atom. The Bertz CT molecular complexity index is 540. The van der Waals surface area contributed by atoms with Crippen molar-refractivity contribution in [3.63, 3.8) is 0 Å². The van der Waals surface area contributed by atoms with Crippen molar-refractivity contribution < 1.29 is 9.53 Å². The molecule has 0 aliphatic heterocycles. The van der Waals surface area contributed by atoms with E-state index >= 15 is 0 Å². The van der Waals surface area contributed by atoms with Gasteiger partial charge < -0.3 is 20.7 Å². The Kier molecular flexibility index (Phi) is 8.92. The maximum Gasteiger partial charge on any atom is 0.407 e. The Morgan fingerprint density at radius 1 is 1.25 bits per heavy atom. The molecule has 0 aliphatic carbocycles. The van der Waals surface area contributed by atoms with E-state index in [0.717, 1.165) is 23.3 Å². The zero-order chi connectivity index (χ0) is 18.0. The third-order valence-electron chi connectivity index (χ3n) is 2.69. The normalized spacial score (nSPS) is 12.0. The standard InChI is InChI=1S/C16H27ClN4O2S/c1-5-18-14(19-9-8-12-6-7-13(17)24-12)20-10-11-21-15(22)23-16(2,3)4/h6-7H,5,8-11H2,1-4H3,(H,21,22)(H2,18,19,20). The molecule has 1 rings (SSSR count). The number of rotatable bonds is 7. The lowest BCUT2D eigenvalue weighted by atomic mass is 10.2. The molecular formula is C16H27ClN4O2S. The van der Waals surface area contributed by atoms with Gasteiger partial charge in [-0.1, -0.05) is 11.6 Å². The molecular weight excluding hydrogens is 348 g/mol. The maximum atomic E-state index is 11.5. The van der Waals surface area contributed by atoms with Gasteiger partial charge >= 0.3 is 6.09 Å². The van der Waals surface area contributed by atoms with Crippen LogP contribution in [-0.4, -0.2) is 43.8 Å². The average molecular weight is 375 g/mol. The Hall–Kier alpha value is -1.47. The van der Waals surface area contributed by atoms with Crippen molar-refractivity contribution in [1.29, 1.82) is 0 Å². The lowest BCUT2D eigenvalue weighted by Gasteiger charge is -2.19. The van der Waals surface area contributed by atoms with Crippen LogP contribution in [0.2, 0.25) is 4.34 Å². The fraction of sp³-hybridized carbons (Fsp3) is 0.625. The SMILES string of the molecule is CCNC(=NCCc1ccc(Cl)s1)NCCNC(=O)OC(C)(C)C. The first-order valence-electron chi connectivity index (χ1n) is 8.03. The number of alkyl carbamates (subject to hydrolysis) is 1. The van der Waals surface area contributed by atoms with Gasteiger partial charge in [-0.2, -0.15) is 0 Å². The summed E-state index contributed by atoms with van der Waals surface area (Å²) in [5.41, 5.74) is -0.488. The van der Waals surface area contributed by atoms with Crippen molar-refractivity contribution in [3.8, 4) is 0 Å². The average Bonchev–Trinajstić information content (AvgIpc) is 2.87. The number of nitrogens with zero attached hydrogens (tertiary/aromatic N) is 1. The van der Waals surface area contributed by atoms with Crippen LogP contribution in [0, 0.1) is 0 Å². The number of thiophene rings is 1. The number of hydrogen-bond donors (Lipinski definition) is 3. The van der Waals surface area contributed by atoms with E-state index in [0.29, 0.717) is 19.6 Å². The molecule has 0 bridgehead atoms. The molecule has 0 spiro atoms. The van der Waals surface area contributed by atoms with Crippen LogP contribution in [0.4, 0.5) is 4.79 Å². The van der Waals surface area contributed by atoms with Crippen LogP contribution in [0.15, 0.2) is 17.1 Å². The van der Waals surface area contributed by atoms with E-state index in [1.807, 2.05) is 39.8 Å². The largest absolute Gasteiger partial charge is 0.444 e. The van der Waals surface area contributed by atoms with Crippen LogP contribution < -0.4 is 16.0 Å². The third-order valence-corrected chi connectivity index (χ3v) is 3.98. The molecule has 1 heterocycles. The van der Waals surface area contributed by atoms with Crippen LogP contribution in [0.3, 0.4) is 0 Å². The van der Waals surface area contributed by atoms with Crippen molar-refractivity contribution in [2.45, 2.75) is 39.7 Å². The molecule has 0 aliphatic rings. The molecule has 136 valence electrons. The topological polar surface area (TPSA) is 74.8 Å². The fourth-order valence-corrected chi connectivity index (χ4v) is 2.84.